The van der Waals surface area contributed by atoms with Gasteiger partial charge < -0.3 is 9.88 Å². The molecule has 0 atom stereocenters. The van der Waals surface area contributed by atoms with Crippen molar-refractivity contribution in [1.29, 1.82) is 0 Å². The number of carbonyl (C=O) groups is 1. The van der Waals surface area contributed by atoms with Crippen molar-refractivity contribution in [3.8, 4) is 22.3 Å². The minimum absolute atomic E-state index is 0. The highest BCUT2D eigenvalue weighted by Crippen LogP contribution is 2.51. The molecule has 1 aliphatic carbocycles. The Morgan fingerprint density at radius 3 is 1.93 bits per heavy atom. The number of nitrogens with zero attached hydrogens (tertiary/aromatic N) is 2. The van der Waals surface area contributed by atoms with Gasteiger partial charge in [-0.2, -0.15) is 26.3 Å². The van der Waals surface area contributed by atoms with E-state index in [4.69, 9.17) is 4.98 Å². The largest absolute Gasteiger partial charge is 0.416 e. The lowest BCUT2D eigenvalue weighted by atomic mass is 9.73. The number of aryl methyl sites for hydroxylation is 3. The molecule has 0 saturated heterocycles. The summed E-state index contributed by atoms with van der Waals surface area (Å²) in [5, 5.41) is 2.19. The van der Waals surface area contributed by atoms with Gasteiger partial charge in [-0.3, -0.25) is 4.79 Å². The maximum Gasteiger partial charge on any atom is 0.416 e. The van der Waals surface area contributed by atoms with E-state index in [0.717, 1.165) is 79.1 Å². The van der Waals surface area contributed by atoms with E-state index in [-0.39, 0.29) is 7.43 Å². The van der Waals surface area contributed by atoms with Gasteiger partial charge in [0.2, 0.25) is 5.91 Å². The first-order valence-corrected chi connectivity index (χ1v) is 17.5. The van der Waals surface area contributed by atoms with Gasteiger partial charge in [-0.25, -0.2) is 4.98 Å². The molecule has 0 saturated carbocycles. The number of imidazole rings is 1. The van der Waals surface area contributed by atoms with Crippen LogP contribution >= 0.6 is 0 Å². The van der Waals surface area contributed by atoms with Gasteiger partial charge in [0.15, 0.2) is 0 Å². The number of carbonyl (C=O) groups excluding carboxylic acids is 1. The second kappa shape index (κ2) is 16.0. The standard InChI is InChI=1S/C28H26F3N3O.C16H13F3.CH4/c1-18-13-14-24-23(16-18)33-25(34(24)2)12-7-15-27(26(35)32-17-28(29,30)31)21-10-5-3-8-19(21)20-9-4-6-11-22(20)27;1-11(2)14-5-3-4-6-15(14)12-7-9-13(10-8-12)16(17,18)19;/h3-6,8-11,13-14,16H,7,12,15,17H2,1-2H3,(H,32,35);3-10H,1H2,2H3;1H4. The van der Waals surface area contributed by atoms with E-state index in [1.54, 1.807) is 0 Å². The predicted molar refractivity (Wildman–Crippen MR) is 208 cm³/mol. The fraction of sp³-hybridized carbons (Fsp3) is 0.244. The number of halogens is 6. The molecule has 0 unspecified atom stereocenters. The third-order valence-corrected chi connectivity index (χ3v) is 9.89. The molecule has 5 aromatic carbocycles. The van der Waals surface area contributed by atoms with Crippen LogP contribution in [0.5, 0.6) is 0 Å². The fourth-order valence-electron chi connectivity index (χ4n) is 7.33. The summed E-state index contributed by atoms with van der Waals surface area (Å²) in [5.41, 5.74) is 8.00. The summed E-state index contributed by atoms with van der Waals surface area (Å²) in [6.45, 7) is 6.43. The maximum absolute atomic E-state index is 13.6. The maximum atomic E-state index is 13.6. The van der Waals surface area contributed by atoms with Crippen LogP contribution in [0.25, 0.3) is 38.9 Å². The van der Waals surface area contributed by atoms with E-state index in [2.05, 4.69) is 11.9 Å². The smallest absolute Gasteiger partial charge is 0.346 e. The van der Waals surface area contributed by atoms with Crippen LogP contribution in [-0.4, -0.2) is 28.2 Å². The number of allylic oxidation sites excluding steroid dienone is 1. The molecule has 1 amide bonds. The van der Waals surface area contributed by atoms with Crippen LogP contribution in [0, 0.1) is 6.92 Å². The van der Waals surface area contributed by atoms with Crippen LogP contribution in [0.3, 0.4) is 0 Å². The highest BCUT2D eigenvalue weighted by molar-refractivity contribution is 6.00. The van der Waals surface area contributed by atoms with Crippen molar-refractivity contribution < 1.29 is 31.1 Å². The molecule has 10 heteroatoms. The molecule has 0 aliphatic heterocycles. The molecule has 55 heavy (non-hydrogen) atoms. The van der Waals surface area contributed by atoms with Gasteiger partial charge in [0.05, 0.1) is 16.6 Å². The summed E-state index contributed by atoms with van der Waals surface area (Å²) in [4.78, 5) is 18.4. The van der Waals surface area contributed by atoms with Gasteiger partial charge in [0, 0.05) is 13.5 Å². The van der Waals surface area contributed by atoms with Crippen LogP contribution in [0.2, 0.25) is 0 Å². The summed E-state index contributed by atoms with van der Waals surface area (Å²) < 4.78 is 78.7. The summed E-state index contributed by atoms with van der Waals surface area (Å²) in [5.74, 6) is 0.267. The van der Waals surface area contributed by atoms with E-state index < -0.39 is 35.8 Å². The lowest BCUT2D eigenvalue weighted by Crippen LogP contribution is -2.47. The first-order chi connectivity index (χ1) is 25.6. The van der Waals surface area contributed by atoms with E-state index in [1.165, 1.54) is 12.1 Å². The quantitative estimate of drug-likeness (QED) is 0.157. The average molecular weight is 756 g/mol. The molecule has 0 bridgehead atoms. The number of benzene rings is 5. The molecule has 7 rings (SSSR count). The zero-order valence-corrected chi connectivity index (χ0v) is 30.1. The fourth-order valence-corrected chi connectivity index (χ4v) is 7.33. The van der Waals surface area contributed by atoms with Gasteiger partial charge in [-0.05, 0) is 95.5 Å². The molecular weight excluding hydrogens is 713 g/mol. The molecule has 1 heterocycles. The first kappa shape index (κ1) is 40.5. The van der Waals surface area contributed by atoms with E-state index in [0.29, 0.717) is 19.3 Å². The molecule has 1 N–H and O–H groups in total. The van der Waals surface area contributed by atoms with Crippen molar-refractivity contribution in [2.24, 2.45) is 7.05 Å². The number of hydrogen-bond donors (Lipinski definition) is 1. The van der Waals surface area contributed by atoms with Crippen molar-refractivity contribution in [2.45, 2.75) is 58.3 Å². The van der Waals surface area contributed by atoms with Gasteiger partial charge in [-0.1, -0.05) is 111 Å². The number of fused-ring (bicyclic) bond motifs is 4. The highest BCUT2D eigenvalue weighted by Gasteiger charge is 2.49. The van der Waals surface area contributed by atoms with Crippen molar-refractivity contribution in [3.63, 3.8) is 0 Å². The number of alkyl halides is 6. The summed E-state index contributed by atoms with van der Waals surface area (Å²) in [7, 11) is 1.96. The highest BCUT2D eigenvalue weighted by atomic mass is 19.4. The average Bonchev–Trinajstić information content (AvgIpc) is 3.61. The van der Waals surface area contributed by atoms with Gasteiger partial charge in [0.1, 0.15) is 17.8 Å². The van der Waals surface area contributed by atoms with E-state index >= 15 is 0 Å². The van der Waals surface area contributed by atoms with Gasteiger partial charge in [0.25, 0.3) is 0 Å². The van der Waals surface area contributed by atoms with Crippen LogP contribution in [0.1, 0.15) is 60.8 Å². The van der Waals surface area contributed by atoms with Crippen LogP contribution in [0.4, 0.5) is 26.3 Å². The molecule has 1 aliphatic rings. The van der Waals surface area contributed by atoms with E-state index in [9.17, 15) is 31.1 Å². The van der Waals surface area contributed by atoms with Crippen LogP contribution in [-0.2, 0) is 29.9 Å². The minimum Gasteiger partial charge on any atom is -0.346 e. The molecule has 6 aromatic rings. The lowest BCUT2D eigenvalue weighted by molar-refractivity contribution is -0.141. The number of nitrogens with one attached hydrogen (secondary N) is 1. The predicted octanol–water partition coefficient (Wildman–Crippen LogP) is 11.9. The Kier molecular flexibility index (Phi) is 11.8. The van der Waals surface area contributed by atoms with E-state index in [1.807, 2.05) is 116 Å². The van der Waals surface area contributed by atoms with Gasteiger partial charge in [-0.15, -0.1) is 0 Å². The summed E-state index contributed by atoms with van der Waals surface area (Å²) >= 11 is 0. The van der Waals surface area contributed by atoms with Crippen LogP contribution < -0.4 is 5.32 Å². The molecule has 286 valence electrons. The minimum atomic E-state index is -4.49. The third-order valence-electron chi connectivity index (χ3n) is 9.89. The zero-order valence-electron chi connectivity index (χ0n) is 30.1. The molecule has 4 nitrogen and oxygen atoms in total. The molecule has 0 spiro atoms. The number of rotatable bonds is 8. The topological polar surface area (TPSA) is 46.9 Å². The lowest BCUT2D eigenvalue weighted by Gasteiger charge is -2.31. The monoisotopic (exact) mass is 755 g/mol. The second-order valence-corrected chi connectivity index (χ2v) is 13.6. The SMILES string of the molecule is C.C=C(C)c1ccccc1-c1ccc(C(F)(F)F)cc1.Cc1ccc2c(c1)nc(CCCC1(C(=O)NCC(F)(F)F)c3ccccc3-c3ccccc31)n2C. The summed E-state index contributed by atoms with van der Waals surface area (Å²) in [6.07, 6.45) is -7.24. The van der Waals surface area contributed by atoms with Gasteiger partial charge >= 0.3 is 12.4 Å². The zero-order chi connectivity index (χ0) is 38.8. The Bertz CT molecular complexity index is 2270. The van der Waals surface area contributed by atoms with Crippen molar-refractivity contribution in [3.05, 3.63) is 155 Å². The Labute approximate surface area is 317 Å². The number of hydrogen-bond acceptors (Lipinski definition) is 2. The van der Waals surface area contributed by atoms with Crippen molar-refractivity contribution >= 4 is 22.5 Å². The summed E-state index contributed by atoms with van der Waals surface area (Å²) in [6, 6.07) is 33.9. The molecular formula is C45H43F6N3O. The second-order valence-electron chi connectivity index (χ2n) is 13.6. The van der Waals surface area contributed by atoms with Crippen molar-refractivity contribution in [2.75, 3.05) is 6.54 Å². The number of amides is 1. The van der Waals surface area contributed by atoms with Crippen molar-refractivity contribution in [1.82, 2.24) is 14.9 Å². The van der Waals surface area contributed by atoms with Crippen LogP contribution in [0.15, 0.2) is 122 Å². The Balaban J connectivity index is 0.000000246. The Morgan fingerprint density at radius 1 is 0.800 bits per heavy atom. The third kappa shape index (κ3) is 8.38. The number of aromatic nitrogens is 2. The normalized spacial score (nSPS) is 12.9. The molecule has 0 radical (unpaired) electrons. The first-order valence-electron chi connectivity index (χ1n) is 17.5. The molecule has 0 fully saturated rings. The Morgan fingerprint density at radius 2 is 1.36 bits per heavy atom. The molecule has 1 aromatic heterocycles. The Hall–Kier alpha value is -5.64.